The third kappa shape index (κ3) is 4.90. The number of halogens is 1. The third-order valence-electron chi connectivity index (χ3n) is 2.23. The molecule has 1 unspecified atom stereocenters. The van der Waals surface area contributed by atoms with Gasteiger partial charge in [0.1, 0.15) is 10.7 Å². The molecule has 0 amide bonds. The van der Waals surface area contributed by atoms with E-state index in [0.29, 0.717) is 5.88 Å². The summed E-state index contributed by atoms with van der Waals surface area (Å²) in [5.74, 6) is 0.589. The van der Waals surface area contributed by atoms with Crippen molar-refractivity contribution in [3.05, 3.63) is 17.0 Å². The van der Waals surface area contributed by atoms with Crippen molar-refractivity contribution >= 4 is 15.9 Å². The largest absolute Gasteiger partial charge is 0.473 e. The van der Waals surface area contributed by atoms with Gasteiger partial charge < -0.3 is 10.1 Å². The van der Waals surface area contributed by atoms with E-state index in [4.69, 9.17) is 4.74 Å². The van der Waals surface area contributed by atoms with Crippen molar-refractivity contribution in [2.45, 2.75) is 32.8 Å². The molecular weight excluding hydrogens is 270 g/mol. The Hall–Kier alpha value is -0.680. The fourth-order valence-corrected chi connectivity index (χ4v) is 1.52. The maximum absolute atomic E-state index is 5.73. The molecule has 0 aliphatic heterocycles. The highest BCUT2D eigenvalue weighted by atomic mass is 79.9. The lowest BCUT2D eigenvalue weighted by Gasteiger charge is -2.16. The normalized spacial score (nSPS) is 12.4. The van der Waals surface area contributed by atoms with E-state index in [1.165, 1.54) is 0 Å². The van der Waals surface area contributed by atoms with Gasteiger partial charge in [-0.25, -0.2) is 9.97 Å². The van der Waals surface area contributed by atoms with Gasteiger partial charge >= 0.3 is 0 Å². The van der Waals surface area contributed by atoms with E-state index < -0.39 is 0 Å². The lowest BCUT2D eigenvalue weighted by molar-refractivity contribution is 0.178. The van der Waals surface area contributed by atoms with Crippen LogP contribution < -0.4 is 10.1 Å². The van der Waals surface area contributed by atoms with Crippen LogP contribution >= 0.6 is 15.9 Å². The first-order valence-corrected chi connectivity index (χ1v) is 6.40. The van der Waals surface area contributed by atoms with Gasteiger partial charge in [0.25, 0.3) is 0 Å². The van der Waals surface area contributed by atoms with Crippen molar-refractivity contribution in [3.63, 3.8) is 0 Å². The van der Waals surface area contributed by atoms with Crippen molar-refractivity contribution in [1.29, 1.82) is 0 Å². The predicted octanol–water partition coefficient (Wildman–Crippen LogP) is 2.40. The second kappa shape index (κ2) is 7.57. The summed E-state index contributed by atoms with van der Waals surface area (Å²) >= 11 is 3.24. The Labute approximate surface area is 105 Å². The molecule has 1 aromatic rings. The molecule has 90 valence electrons. The van der Waals surface area contributed by atoms with Crippen LogP contribution in [0.2, 0.25) is 0 Å². The van der Waals surface area contributed by atoms with E-state index in [1.54, 1.807) is 12.4 Å². The van der Waals surface area contributed by atoms with Gasteiger partial charge in [-0.15, -0.1) is 0 Å². The average molecular weight is 288 g/mol. The number of ether oxygens (including phenoxy) is 1. The SMILES string of the molecule is CCNCCC(CC)Oc1cnc(Br)cn1. The molecule has 0 spiro atoms. The lowest BCUT2D eigenvalue weighted by atomic mass is 10.2. The summed E-state index contributed by atoms with van der Waals surface area (Å²) in [6, 6.07) is 0. The summed E-state index contributed by atoms with van der Waals surface area (Å²) in [7, 11) is 0. The molecule has 0 aromatic carbocycles. The quantitative estimate of drug-likeness (QED) is 0.783. The van der Waals surface area contributed by atoms with Gasteiger partial charge in [-0.2, -0.15) is 0 Å². The molecule has 1 N–H and O–H groups in total. The molecule has 0 saturated heterocycles. The van der Waals surface area contributed by atoms with Crippen molar-refractivity contribution in [1.82, 2.24) is 15.3 Å². The average Bonchev–Trinajstić information content (AvgIpc) is 2.31. The Morgan fingerprint density at radius 3 is 2.75 bits per heavy atom. The van der Waals surface area contributed by atoms with Crippen LogP contribution in [0.1, 0.15) is 26.7 Å². The third-order valence-corrected chi connectivity index (χ3v) is 2.64. The molecule has 0 aliphatic rings. The highest BCUT2D eigenvalue weighted by Gasteiger charge is 2.08. The number of hydrogen-bond donors (Lipinski definition) is 1. The summed E-state index contributed by atoms with van der Waals surface area (Å²) in [5.41, 5.74) is 0. The lowest BCUT2D eigenvalue weighted by Crippen LogP contribution is -2.24. The van der Waals surface area contributed by atoms with Crippen molar-refractivity contribution < 1.29 is 4.74 Å². The van der Waals surface area contributed by atoms with Crippen LogP contribution in [0.25, 0.3) is 0 Å². The zero-order valence-corrected chi connectivity index (χ0v) is 11.3. The molecule has 0 radical (unpaired) electrons. The smallest absolute Gasteiger partial charge is 0.232 e. The topological polar surface area (TPSA) is 47.0 Å². The van der Waals surface area contributed by atoms with E-state index in [1.807, 2.05) is 0 Å². The number of nitrogens with one attached hydrogen (secondary N) is 1. The maximum Gasteiger partial charge on any atom is 0.232 e. The van der Waals surface area contributed by atoms with E-state index in [-0.39, 0.29) is 6.10 Å². The summed E-state index contributed by atoms with van der Waals surface area (Å²) in [6.07, 6.45) is 5.45. The van der Waals surface area contributed by atoms with Gasteiger partial charge in [0, 0.05) is 0 Å². The number of nitrogens with zero attached hydrogens (tertiary/aromatic N) is 2. The summed E-state index contributed by atoms with van der Waals surface area (Å²) in [5, 5.41) is 3.28. The molecule has 16 heavy (non-hydrogen) atoms. The van der Waals surface area contributed by atoms with Gasteiger partial charge in [0.05, 0.1) is 12.4 Å². The Kier molecular flexibility index (Phi) is 6.33. The van der Waals surface area contributed by atoms with Crippen molar-refractivity contribution in [3.8, 4) is 5.88 Å². The molecule has 1 aromatic heterocycles. The molecule has 1 heterocycles. The minimum Gasteiger partial charge on any atom is -0.473 e. The molecular formula is C11H18BrN3O. The number of aromatic nitrogens is 2. The van der Waals surface area contributed by atoms with Crippen molar-refractivity contribution in [2.24, 2.45) is 0 Å². The van der Waals surface area contributed by atoms with Gasteiger partial charge in [-0.05, 0) is 41.9 Å². The highest BCUT2D eigenvalue weighted by Crippen LogP contribution is 2.12. The fraction of sp³-hybridized carbons (Fsp3) is 0.636. The zero-order chi connectivity index (χ0) is 11.8. The standard InChI is InChI=1S/C11H18BrN3O/c1-3-9(5-6-13-4-2)16-11-8-14-10(12)7-15-11/h7-9,13H,3-6H2,1-2H3. The first-order chi connectivity index (χ1) is 7.76. The molecule has 0 aliphatic carbocycles. The molecule has 4 nitrogen and oxygen atoms in total. The van der Waals surface area contributed by atoms with E-state index in [0.717, 1.165) is 30.5 Å². The molecule has 0 saturated carbocycles. The van der Waals surface area contributed by atoms with Gasteiger partial charge in [-0.3, -0.25) is 0 Å². The Morgan fingerprint density at radius 1 is 1.38 bits per heavy atom. The summed E-state index contributed by atoms with van der Waals surface area (Å²) in [4.78, 5) is 8.22. The summed E-state index contributed by atoms with van der Waals surface area (Å²) < 4.78 is 6.45. The molecule has 1 rings (SSSR count). The van der Waals surface area contributed by atoms with Crippen LogP contribution in [0.4, 0.5) is 0 Å². The van der Waals surface area contributed by atoms with Crippen LogP contribution in [0.5, 0.6) is 5.88 Å². The van der Waals surface area contributed by atoms with Crippen molar-refractivity contribution in [2.75, 3.05) is 13.1 Å². The van der Waals surface area contributed by atoms with Crippen LogP contribution in [-0.2, 0) is 0 Å². The first kappa shape index (κ1) is 13.4. The van der Waals surface area contributed by atoms with E-state index in [9.17, 15) is 0 Å². The highest BCUT2D eigenvalue weighted by molar-refractivity contribution is 9.10. The maximum atomic E-state index is 5.73. The summed E-state index contributed by atoms with van der Waals surface area (Å²) in [6.45, 7) is 6.18. The second-order valence-corrected chi connectivity index (χ2v) is 4.28. The second-order valence-electron chi connectivity index (χ2n) is 3.47. The Balaban J connectivity index is 2.40. The molecule has 1 atom stereocenters. The fourth-order valence-electron chi connectivity index (χ4n) is 1.32. The first-order valence-electron chi connectivity index (χ1n) is 5.61. The van der Waals surface area contributed by atoms with Crippen LogP contribution in [-0.4, -0.2) is 29.2 Å². The number of hydrogen-bond acceptors (Lipinski definition) is 4. The van der Waals surface area contributed by atoms with E-state index in [2.05, 4.69) is 45.1 Å². The van der Waals surface area contributed by atoms with Crippen LogP contribution in [0.3, 0.4) is 0 Å². The zero-order valence-electron chi connectivity index (χ0n) is 9.74. The monoisotopic (exact) mass is 287 g/mol. The minimum absolute atomic E-state index is 0.203. The molecule has 0 fully saturated rings. The molecule has 0 bridgehead atoms. The Bertz CT molecular complexity index is 292. The Morgan fingerprint density at radius 2 is 2.19 bits per heavy atom. The predicted molar refractivity (Wildman–Crippen MR) is 67.6 cm³/mol. The van der Waals surface area contributed by atoms with Gasteiger partial charge in [-0.1, -0.05) is 13.8 Å². The van der Waals surface area contributed by atoms with Gasteiger partial charge in [0.15, 0.2) is 0 Å². The van der Waals surface area contributed by atoms with Crippen LogP contribution in [0, 0.1) is 0 Å². The minimum atomic E-state index is 0.203. The number of rotatable bonds is 7. The molecule has 5 heteroatoms. The van der Waals surface area contributed by atoms with Gasteiger partial charge in [0.2, 0.25) is 5.88 Å². The van der Waals surface area contributed by atoms with E-state index >= 15 is 0 Å². The van der Waals surface area contributed by atoms with Crippen LogP contribution in [0.15, 0.2) is 17.0 Å².